The maximum atomic E-state index is 10.3. The van der Waals surface area contributed by atoms with Crippen molar-refractivity contribution in [2.45, 2.75) is 25.8 Å². The van der Waals surface area contributed by atoms with Crippen molar-refractivity contribution in [3.63, 3.8) is 0 Å². The highest BCUT2D eigenvalue weighted by atomic mass is 35.5. The molecule has 0 radical (unpaired) electrons. The number of carbonyl (C=O) groups is 1. The first kappa shape index (κ1) is 13.0. The lowest BCUT2D eigenvalue weighted by Crippen LogP contribution is -2.20. The van der Waals surface area contributed by atoms with Gasteiger partial charge in [0.05, 0.1) is 0 Å². The Kier molecular flexibility index (Phi) is 5.29. The van der Waals surface area contributed by atoms with E-state index in [-0.39, 0.29) is 12.5 Å². The summed E-state index contributed by atoms with van der Waals surface area (Å²) in [6, 6.07) is 7.86. The summed E-state index contributed by atoms with van der Waals surface area (Å²) < 4.78 is 0. The molecule has 0 aliphatic rings. The van der Waals surface area contributed by atoms with E-state index in [1.165, 1.54) is 0 Å². The molecule has 0 spiro atoms. The smallest absolute Gasteiger partial charge is 0.303 e. The fourth-order valence-corrected chi connectivity index (χ4v) is 1.55. The van der Waals surface area contributed by atoms with Crippen LogP contribution in [0.4, 0.5) is 0 Å². The van der Waals surface area contributed by atoms with Crippen LogP contribution in [-0.2, 0) is 4.79 Å². The van der Waals surface area contributed by atoms with Crippen LogP contribution in [0.3, 0.4) is 0 Å². The number of rotatable bonds is 6. The number of benzene rings is 1. The second kappa shape index (κ2) is 6.51. The molecule has 0 heterocycles. The van der Waals surface area contributed by atoms with Gasteiger partial charge in [-0.3, -0.25) is 4.79 Å². The van der Waals surface area contributed by atoms with E-state index < -0.39 is 5.97 Å². The summed E-state index contributed by atoms with van der Waals surface area (Å²) in [5, 5.41) is 12.5. The first-order valence-corrected chi connectivity index (χ1v) is 5.68. The van der Waals surface area contributed by atoms with Crippen molar-refractivity contribution in [1.29, 1.82) is 0 Å². The van der Waals surface area contributed by atoms with Crippen LogP contribution >= 0.6 is 11.6 Å². The molecule has 0 saturated carbocycles. The third-order valence-corrected chi connectivity index (χ3v) is 2.64. The third-order valence-electron chi connectivity index (χ3n) is 2.39. The number of nitrogens with one attached hydrogen (secondary N) is 1. The van der Waals surface area contributed by atoms with Gasteiger partial charge in [-0.25, -0.2) is 0 Å². The van der Waals surface area contributed by atoms with Crippen LogP contribution in [0, 0.1) is 0 Å². The predicted molar refractivity (Wildman–Crippen MR) is 64.7 cm³/mol. The van der Waals surface area contributed by atoms with Gasteiger partial charge in [-0.2, -0.15) is 0 Å². The molecule has 4 heteroatoms. The summed E-state index contributed by atoms with van der Waals surface area (Å²) in [7, 11) is 0. The Labute approximate surface area is 100 Å². The van der Waals surface area contributed by atoms with E-state index in [0.717, 1.165) is 10.6 Å². The molecule has 0 bridgehead atoms. The average Bonchev–Trinajstić information content (AvgIpc) is 2.25. The first-order chi connectivity index (χ1) is 7.59. The fourth-order valence-electron chi connectivity index (χ4n) is 1.43. The summed E-state index contributed by atoms with van der Waals surface area (Å²) in [5.74, 6) is -0.749. The first-order valence-electron chi connectivity index (χ1n) is 5.30. The summed E-state index contributed by atoms with van der Waals surface area (Å²) in [6.07, 6.45) is 0.855. The number of carboxylic acid groups (broad SMARTS) is 1. The molecular weight excluding hydrogens is 226 g/mol. The van der Waals surface area contributed by atoms with E-state index in [4.69, 9.17) is 16.7 Å². The van der Waals surface area contributed by atoms with E-state index in [0.29, 0.717) is 13.0 Å². The minimum atomic E-state index is -0.749. The van der Waals surface area contributed by atoms with Crippen molar-refractivity contribution in [1.82, 2.24) is 5.32 Å². The van der Waals surface area contributed by atoms with Gasteiger partial charge in [0.2, 0.25) is 0 Å². The van der Waals surface area contributed by atoms with Crippen molar-refractivity contribution < 1.29 is 9.90 Å². The average molecular weight is 242 g/mol. The van der Waals surface area contributed by atoms with E-state index >= 15 is 0 Å². The van der Waals surface area contributed by atoms with Crippen LogP contribution in [0.15, 0.2) is 24.3 Å². The van der Waals surface area contributed by atoms with Crippen molar-refractivity contribution >= 4 is 17.6 Å². The zero-order valence-electron chi connectivity index (χ0n) is 9.24. The zero-order chi connectivity index (χ0) is 12.0. The molecule has 1 aromatic rings. The summed E-state index contributed by atoms with van der Waals surface area (Å²) in [4.78, 5) is 10.3. The van der Waals surface area contributed by atoms with E-state index in [9.17, 15) is 4.79 Å². The summed E-state index contributed by atoms with van der Waals surface area (Å²) >= 11 is 5.79. The minimum Gasteiger partial charge on any atom is -0.481 e. The standard InChI is InChI=1S/C12H16ClNO2/c1-9(14-8-2-3-12(15)16)10-4-6-11(13)7-5-10/h4-7,9,14H,2-3,8H2,1H3,(H,15,16). The second-order valence-corrected chi connectivity index (χ2v) is 4.16. The van der Waals surface area contributed by atoms with Gasteiger partial charge in [0, 0.05) is 17.5 Å². The Bertz CT molecular complexity index is 337. The molecule has 1 rings (SSSR count). The Morgan fingerprint density at radius 3 is 2.62 bits per heavy atom. The largest absolute Gasteiger partial charge is 0.481 e. The maximum absolute atomic E-state index is 10.3. The number of hydrogen-bond acceptors (Lipinski definition) is 2. The maximum Gasteiger partial charge on any atom is 0.303 e. The molecule has 0 aromatic heterocycles. The van der Waals surface area contributed by atoms with Gasteiger partial charge in [0.15, 0.2) is 0 Å². The van der Waals surface area contributed by atoms with Gasteiger partial charge in [0.25, 0.3) is 0 Å². The quantitative estimate of drug-likeness (QED) is 0.753. The zero-order valence-corrected chi connectivity index (χ0v) is 10.00. The Balaban J connectivity index is 2.32. The molecule has 0 aliphatic carbocycles. The molecule has 0 amide bonds. The lowest BCUT2D eigenvalue weighted by molar-refractivity contribution is -0.137. The number of carboxylic acids is 1. The fraction of sp³-hybridized carbons (Fsp3) is 0.417. The summed E-state index contributed by atoms with van der Waals surface area (Å²) in [6.45, 7) is 2.75. The molecule has 88 valence electrons. The minimum absolute atomic E-state index is 0.209. The predicted octanol–water partition coefficient (Wildman–Crippen LogP) is 2.86. The van der Waals surface area contributed by atoms with Gasteiger partial charge < -0.3 is 10.4 Å². The van der Waals surface area contributed by atoms with Crippen LogP contribution in [-0.4, -0.2) is 17.6 Å². The van der Waals surface area contributed by atoms with Gasteiger partial charge in [-0.05, 0) is 37.6 Å². The molecule has 0 aliphatic heterocycles. The van der Waals surface area contributed by atoms with Crippen LogP contribution in [0.1, 0.15) is 31.4 Å². The van der Waals surface area contributed by atoms with E-state index in [2.05, 4.69) is 5.32 Å². The van der Waals surface area contributed by atoms with E-state index in [1.807, 2.05) is 31.2 Å². The van der Waals surface area contributed by atoms with Crippen LogP contribution < -0.4 is 5.32 Å². The van der Waals surface area contributed by atoms with Crippen LogP contribution in [0.25, 0.3) is 0 Å². The number of hydrogen-bond donors (Lipinski definition) is 2. The molecule has 2 N–H and O–H groups in total. The Hall–Kier alpha value is -1.06. The molecule has 0 fully saturated rings. The lowest BCUT2D eigenvalue weighted by Gasteiger charge is -2.13. The molecule has 16 heavy (non-hydrogen) atoms. The molecule has 1 atom stereocenters. The Morgan fingerprint density at radius 2 is 2.06 bits per heavy atom. The third kappa shape index (κ3) is 4.64. The van der Waals surface area contributed by atoms with Gasteiger partial charge in [-0.1, -0.05) is 23.7 Å². The van der Waals surface area contributed by atoms with Gasteiger partial charge in [-0.15, -0.1) is 0 Å². The van der Waals surface area contributed by atoms with E-state index in [1.54, 1.807) is 0 Å². The molecular formula is C12H16ClNO2. The van der Waals surface area contributed by atoms with Gasteiger partial charge in [0.1, 0.15) is 0 Å². The van der Waals surface area contributed by atoms with Crippen molar-refractivity contribution in [2.24, 2.45) is 0 Å². The number of halogens is 1. The molecule has 0 saturated heterocycles. The summed E-state index contributed by atoms with van der Waals surface area (Å²) in [5.41, 5.74) is 1.15. The van der Waals surface area contributed by atoms with Gasteiger partial charge >= 0.3 is 5.97 Å². The SMILES string of the molecule is CC(NCCCC(=O)O)c1ccc(Cl)cc1. The lowest BCUT2D eigenvalue weighted by atomic mass is 10.1. The van der Waals surface area contributed by atoms with Crippen molar-refractivity contribution in [3.8, 4) is 0 Å². The molecule has 1 aromatic carbocycles. The number of aliphatic carboxylic acids is 1. The topological polar surface area (TPSA) is 49.3 Å². The highest BCUT2D eigenvalue weighted by Gasteiger charge is 2.04. The highest BCUT2D eigenvalue weighted by molar-refractivity contribution is 6.30. The highest BCUT2D eigenvalue weighted by Crippen LogP contribution is 2.15. The van der Waals surface area contributed by atoms with Crippen molar-refractivity contribution in [3.05, 3.63) is 34.9 Å². The monoisotopic (exact) mass is 241 g/mol. The Morgan fingerprint density at radius 1 is 1.44 bits per heavy atom. The molecule has 3 nitrogen and oxygen atoms in total. The van der Waals surface area contributed by atoms with Crippen LogP contribution in [0.5, 0.6) is 0 Å². The van der Waals surface area contributed by atoms with Crippen LogP contribution in [0.2, 0.25) is 5.02 Å². The molecule has 1 unspecified atom stereocenters. The second-order valence-electron chi connectivity index (χ2n) is 3.72. The normalized spacial score (nSPS) is 12.4. The van der Waals surface area contributed by atoms with Crippen molar-refractivity contribution in [2.75, 3.05) is 6.54 Å².